The molecule has 0 spiro atoms. The van der Waals surface area contributed by atoms with Crippen LogP contribution in [0.5, 0.6) is 0 Å². The van der Waals surface area contributed by atoms with Crippen LogP contribution in [0.15, 0.2) is 78.1 Å². The van der Waals surface area contributed by atoms with E-state index < -0.39 is 0 Å². The summed E-state index contributed by atoms with van der Waals surface area (Å²) in [5.41, 5.74) is 4.34. The second-order valence-electron chi connectivity index (χ2n) is 8.00. The van der Waals surface area contributed by atoms with E-state index in [0.29, 0.717) is 22.2 Å². The molecule has 0 saturated carbocycles. The van der Waals surface area contributed by atoms with E-state index in [1.54, 1.807) is 41.5 Å². The number of fused-ring (bicyclic) bond motifs is 1. The molecule has 4 heterocycles. The lowest BCUT2D eigenvalue weighted by Gasteiger charge is -2.14. The Hall–Kier alpha value is -4.10. The normalized spacial score (nSPS) is 11.1. The molecule has 0 unspecified atom stereocenters. The van der Waals surface area contributed by atoms with Gasteiger partial charge in [-0.25, -0.2) is 0 Å². The van der Waals surface area contributed by atoms with Crippen molar-refractivity contribution in [3.63, 3.8) is 0 Å². The molecule has 7 nitrogen and oxygen atoms in total. The zero-order valence-corrected chi connectivity index (χ0v) is 19.3. The lowest BCUT2D eigenvalue weighted by molar-refractivity contribution is 0.103. The average molecular weight is 470 g/mol. The van der Waals surface area contributed by atoms with Crippen molar-refractivity contribution in [2.75, 3.05) is 0 Å². The Kier molecular flexibility index (Phi) is 5.55. The smallest absolute Gasteiger partial charge is 0.250 e. The van der Waals surface area contributed by atoms with Crippen LogP contribution in [-0.4, -0.2) is 30.1 Å². The molecule has 8 heteroatoms. The van der Waals surface area contributed by atoms with E-state index in [9.17, 15) is 9.59 Å². The van der Waals surface area contributed by atoms with Gasteiger partial charge < -0.3 is 4.57 Å². The minimum atomic E-state index is -0.272. The second-order valence-corrected chi connectivity index (χ2v) is 8.41. The number of hydrogen-bond acceptors (Lipinski definition) is 5. The molecular formula is C26H20ClN5O2. The van der Waals surface area contributed by atoms with E-state index in [1.165, 1.54) is 16.8 Å². The van der Waals surface area contributed by atoms with E-state index in [-0.39, 0.29) is 22.9 Å². The van der Waals surface area contributed by atoms with Crippen molar-refractivity contribution in [1.82, 2.24) is 24.3 Å². The van der Waals surface area contributed by atoms with Crippen LogP contribution in [0.25, 0.3) is 22.2 Å². The number of aryl methyl sites for hydroxylation is 2. The first-order valence-electron chi connectivity index (χ1n) is 10.7. The zero-order chi connectivity index (χ0) is 23.8. The van der Waals surface area contributed by atoms with E-state index in [0.717, 1.165) is 22.3 Å². The highest BCUT2D eigenvalue weighted by Gasteiger charge is 2.22. The van der Waals surface area contributed by atoms with Gasteiger partial charge in [0.1, 0.15) is 0 Å². The van der Waals surface area contributed by atoms with Gasteiger partial charge in [0.25, 0.3) is 5.56 Å². The summed E-state index contributed by atoms with van der Waals surface area (Å²) >= 11 is 6.49. The molecule has 0 aliphatic rings. The van der Waals surface area contributed by atoms with Gasteiger partial charge in [0.2, 0.25) is 0 Å². The minimum absolute atomic E-state index is 0.172. The van der Waals surface area contributed by atoms with Crippen molar-refractivity contribution in [2.24, 2.45) is 7.05 Å². The number of hydrogen-bond donors (Lipinski definition) is 0. The molecule has 0 aliphatic heterocycles. The molecule has 1 aromatic carbocycles. The highest BCUT2D eigenvalue weighted by Crippen LogP contribution is 2.32. The van der Waals surface area contributed by atoms with Crippen molar-refractivity contribution in [3.8, 4) is 11.3 Å². The first-order valence-corrected chi connectivity index (χ1v) is 11.0. The van der Waals surface area contributed by atoms with Gasteiger partial charge in [0.05, 0.1) is 22.8 Å². The fourth-order valence-electron chi connectivity index (χ4n) is 4.17. The van der Waals surface area contributed by atoms with E-state index in [1.807, 2.05) is 38.2 Å². The Bertz CT molecular complexity index is 1620. The Morgan fingerprint density at radius 3 is 2.71 bits per heavy atom. The molecule has 0 aliphatic carbocycles. The predicted octanol–water partition coefficient (Wildman–Crippen LogP) is 4.43. The summed E-state index contributed by atoms with van der Waals surface area (Å²) in [7, 11) is 1.88. The summed E-state index contributed by atoms with van der Waals surface area (Å²) < 4.78 is 3.30. The summed E-state index contributed by atoms with van der Waals surface area (Å²) in [6.07, 6.45) is 6.42. The van der Waals surface area contributed by atoms with E-state index >= 15 is 0 Å². The molecule has 0 N–H and O–H groups in total. The van der Waals surface area contributed by atoms with Crippen LogP contribution in [0, 0.1) is 6.92 Å². The van der Waals surface area contributed by atoms with Crippen LogP contribution in [0.1, 0.15) is 27.2 Å². The van der Waals surface area contributed by atoms with Crippen molar-refractivity contribution in [1.29, 1.82) is 0 Å². The van der Waals surface area contributed by atoms with Crippen molar-refractivity contribution < 1.29 is 4.79 Å². The fraction of sp³-hybridized carbons (Fsp3) is 0.115. The molecule has 0 atom stereocenters. The van der Waals surface area contributed by atoms with Gasteiger partial charge in [0, 0.05) is 71.2 Å². The third kappa shape index (κ3) is 3.80. The van der Waals surface area contributed by atoms with Crippen LogP contribution in [0.4, 0.5) is 0 Å². The lowest BCUT2D eigenvalue weighted by atomic mass is 9.95. The highest BCUT2D eigenvalue weighted by atomic mass is 35.5. The maximum absolute atomic E-state index is 13.9. The number of ketones is 1. The number of rotatable bonds is 5. The Morgan fingerprint density at radius 2 is 1.94 bits per heavy atom. The maximum atomic E-state index is 13.9. The average Bonchev–Trinajstić information content (AvgIpc) is 3.25. The quantitative estimate of drug-likeness (QED) is 0.355. The van der Waals surface area contributed by atoms with Crippen LogP contribution in [-0.2, 0) is 13.6 Å². The molecule has 0 amide bonds. The summed E-state index contributed by atoms with van der Waals surface area (Å²) in [5.74, 6) is -0.272. The number of aromatic nitrogens is 5. The third-order valence-corrected chi connectivity index (χ3v) is 6.04. The van der Waals surface area contributed by atoms with Gasteiger partial charge in [-0.15, -0.1) is 0 Å². The maximum Gasteiger partial charge on any atom is 0.250 e. The fourth-order valence-corrected chi connectivity index (χ4v) is 4.43. The topological polar surface area (TPSA) is 82.7 Å². The number of nitrogens with zero attached hydrogens (tertiary/aromatic N) is 5. The zero-order valence-electron chi connectivity index (χ0n) is 18.6. The summed E-state index contributed by atoms with van der Waals surface area (Å²) in [4.78, 5) is 35.0. The highest BCUT2D eigenvalue weighted by molar-refractivity contribution is 6.35. The van der Waals surface area contributed by atoms with Gasteiger partial charge in [-0.05, 0) is 31.2 Å². The third-order valence-electron chi connectivity index (χ3n) is 5.75. The molecule has 168 valence electrons. The number of para-hydroxylation sites is 1. The largest absolute Gasteiger partial charge is 0.311 e. The molecule has 0 radical (unpaired) electrons. The summed E-state index contributed by atoms with van der Waals surface area (Å²) in [6.45, 7) is 2.07. The van der Waals surface area contributed by atoms with Gasteiger partial charge in [0.15, 0.2) is 5.78 Å². The molecule has 4 aromatic heterocycles. The molecule has 5 rings (SSSR count). The monoisotopic (exact) mass is 469 g/mol. The van der Waals surface area contributed by atoms with Crippen LogP contribution in [0.2, 0.25) is 5.02 Å². The first-order chi connectivity index (χ1) is 16.4. The van der Waals surface area contributed by atoms with Gasteiger partial charge in [-0.1, -0.05) is 29.8 Å². The number of halogens is 1. The number of pyridine rings is 3. The Balaban J connectivity index is 1.69. The molecule has 0 bridgehead atoms. The second kappa shape index (κ2) is 8.68. The number of carbonyl (C=O) groups is 1. The van der Waals surface area contributed by atoms with Crippen molar-refractivity contribution >= 4 is 28.3 Å². The molecule has 0 saturated heterocycles. The van der Waals surface area contributed by atoms with Gasteiger partial charge >= 0.3 is 0 Å². The van der Waals surface area contributed by atoms with Crippen LogP contribution >= 0.6 is 11.6 Å². The predicted molar refractivity (Wildman–Crippen MR) is 131 cm³/mol. The Labute approximate surface area is 200 Å². The minimum Gasteiger partial charge on any atom is -0.311 e. The summed E-state index contributed by atoms with van der Waals surface area (Å²) in [5, 5.41) is 5.35. The standard InChI is InChI=1S/C26H20ClN5O2/c1-16-12-20(22-9-10-29-31(22)2)18-6-5-7-19(25(18)30-16)26(34)24-17(13-28-14-21(24)27)15-32-11-4-3-8-23(32)33/h3-14H,15H2,1-2H3. The molecular weight excluding hydrogens is 450 g/mol. The van der Waals surface area contributed by atoms with E-state index in [2.05, 4.69) is 10.1 Å². The van der Waals surface area contributed by atoms with Gasteiger partial charge in [-0.3, -0.25) is 24.2 Å². The number of carbonyl (C=O) groups excluding carboxylic acids is 1. The molecule has 5 aromatic rings. The first kappa shape index (κ1) is 21.7. The van der Waals surface area contributed by atoms with Crippen LogP contribution < -0.4 is 5.56 Å². The Morgan fingerprint density at radius 1 is 1.09 bits per heavy atom. The van der Waals surface area contributed by atoms with Crippen LogP contribution in [0.3, 0.4) is 0 Å². The van der Waals surface area contributed by atoms with Gasteiger partial charge in [-0.2, -0.15) is 5.10 Å². The van der Waals surface area contributed by atoms with Crippen molar-refractivity contribution in [2.45, 2.75) is 13.5 Å². The lowest BCUT2D eigenvalue weighted by Crippen LogP contribution is -2.20. The molecule has 0 fully saturated rings. The molecule has 34 heavy (non-hydrogen) atoms. The summed E-state index contributed by atoms with van der Waals surface area (Å²) in [6, 6.07) is 14.3. The SMILES string of the molecule is Cc1cc(-c2ccnn2C)c2cccc(C(=O)c3c(Cl)cncc3Cn3ccccc3=O)c2n1. The number of benzene rings is 1. The van der Waals surface area contributed by atoms with Crippen molar-refractivity contribution in [3.05, 3.63) is 111 Å². The van der Waals surface area contributed by atoms with E-state index in [4.69, 9.17) is 16.6 Å².